The van der Waals surface area contributed by atoms with Crippen molar-refractivity contribution in [2.24, 2.45) is 5.73 Å². The molecule has 2 atom stereocenters. The molecule has 1 rings (SSSR count). The average molecular weight is 279 g/mol. The highest BCUT2D eigenvalue weighted by atomic mass is 16.5. The van der Waals surface area contributed by atoms with E-state index in [1.165, 1.54) is 22.3 Å². The van der Waals surface area contributed by atoms with Crippen molar-refractivity contribution in [1.82, 2.24) is 0 Å². The van der Waals surface area contributed by atoms with Crippen LogP contribution in [0.4, 0.5) is 0 Å². The van der Waals surface area contributed by atoms with Gasteiger partial charge in [0, 0.05) is 6.54 Å². The highest BCUT2D eigenvalue weighted by molar-refractivity contribution is 5.49. The summed E-state index contributed by atoms with van der Waals surface area (Å²) in [6.07, 6.45) is 1.31. The number of aliphatic hydroxyl groups is 1. The monoisotopic (exact) mass is 279 g/mol. The van der Waals surface area contributed by atoms with Crippen LogP contribution in [0, 0.1) is 20.8 Å². The number of aryl methyl sites for hydroxylation is 1. The predicted molar refractivity (Wildman–Crippen MR) is 84.5 cm³/mol. The summed E-state index contributed by atoms with van der Waals surface area (Å²) >= 11 is 0. The van der Waals surface area contributed by atoms with E-state index >= 15 is 0 Å². The Hall–Kier alpha value is -1.06. The Morgan fingerprint density at radius 2 is 1.85 bits per heavy atom. The van der Waals surface area contributed by atoms with Crippen molar-refractivity contribution >= 4 is 0 Å². The van der Waals surface area contributed by atoms with Crippen molar-refractivity contribution < 1.29 is 9.84 Å². The lowest BCUT2D eigenvalue weighted by atomic mass is 9.83. The standard InChI is InChI=1S/C17H29NO2/c1-6-14(9-15(19)10-18)17-11(3)8-16(20-7-2)12(4)13(17)5/h8,14-15,19H,6-7,9-10,18H2,1-5H3. The maximum Gasteiger partial charge on any atom is 0.122 e. The Balaban J connectivity index is 3.19. The summed E-state index contributed by atoms with van der Waals surface area (Å²) in [6, 6.07) is 2.12. The molecule has 3 nitrogen and oxygen atoms in total. The largest absolute Gasteiger partial charge is 0.494 e. The molecule has 1 aromatic rings. The lowest BCUT2D eigenvalue weighted by Crippen LogP contribution is -2.23. The van der Waals surface area contributed by atoms with Gasteiger partial charge in [0.05, 0.1) is 12.7 Å². The Labute approximate surface area is 123 Å². The summed E-state index contributed by atoms with van der Waals surface area (Å²) in [7, 11) is 0. The third-order valence-electron chi connectivity index (χ3n) is 4.14. The summed E-state index contributed by atoms with van der Waals surface area (Å²) in [6.45, 7) is 11.6. The fourth-order valence-corrected chi connectivity index (χ4v) is 2.91. The van der Waals surface area contributed by atoms with Gasteiger partial charge in [-0.05, 0) is 74.8 Å². The van der Waals surface area contributed by atoms with E-state index in [0.717, 1.165) is 18.6 Å². The van der Waals surface area contributed by atoms with Crippen molar-refractivity contribution in [3.63, 3.8) is 0 Å². The highest BCUT2D eigenvalue weighted by Crippen LogP contribution is 2.35. The van der Waals surface area contributed by atoms with Crippen LogP contribution in [0.5, 0.6) is 5.75 Å². The quantitative estimate of drug-likeness (QED) is 0.806. The number of aliphatic hydroxyl groups excluding tert-OH is 1. The predicted octanol–water partition coefficient (Wildman–Crippen LogP) is 3.21. The van der Waals surface area contributed by atoms with Gasteiger partial charge in [-0.15, -0.1) is 0 Å². The molecule has 2 unspecified atom stereocenters. The van der Waals surface area contributed by atoms with Crippen LogP contribution in [0.15, 0.2) is 6.07 Å². The van der Waals surface area contributed by atoms with Gasteiger partial charge in [-0.3, -0.25) is 0 Å². The van der Waals surface area contributed by atoms with E-state index in [1.807, 2.05) is 6.92 Å². The molecule has 0 aromatic heterocycles. The molecule has 0 amide bonds. The Bertz CT molecular complexity index is 443. The summed E-state index contributed by atoms with van der Waals surface area (Å²) in [4.78, 5) is 0. The lowest BCUT2D eigenvalue weighted by molar-refractivity contribution is 0.162. The first-order valence-corrected chi connectivity index (χ1v) is 7.57. The van der Waals surface area contributed by atoms with Gasteiger partial charge in [-0.1, -0.05) is 6.92 Å². The zero-order chi connectivity index (χ0) is 15.3. The number of benzene rings is 1. The molecule has 3 N–H and O–H groups in total. The molecule has 0 saturated carbocycles. The summed E-state index contributed by atoms with van der Waals surface area (Å²) in [5, 5.41) is 9.86. The van der Waals surface area contributed by atoms with Gasteiger partial charge >= 0.3 is 0 Å². The molecule has 0 aliphatic heterocycles. The zero-order valence-corrected chi connectivity index (χ0v) is 13.5. The van der Waals surface area contributed by atoms with Crippen LogP contribution in [0.25, 0.3) is 0 Å². The number of nitrogens with two attached hydrogens (primary N) is 1. The van der Waals surface area contributed by atoms with Crippen LogP contribution in [-0.4, -0.2) is 24.4 Å². The maximum atomic E-state index is 9.86. The second-order valence-electron chi connectivity index (χ2n) is 5.52. The minimum absolute atomic E-state index is 0.324. The molecular formula is C17H29NO2. The third kappa shape index (κ3) is 3.74. The molecule has 0 saturated heterocycles. The van der Waals surface area contributed by atoms with Gasteiger partial charge in [-0.25, -0.2) is 0 Å². The molecule has 114 valence electrons. The van der Waals surface area contributed by atoms with Crippen LogP contribution in [0.2, 0.25) is 0 Å². The zero-order valence-electron chi connectivity index (χ0n) is 13.5. The first-order chi connectivity index (χ1) is 9.46. The minimum Gasteiger partial charge on any atom is -0.494 e. The fourth-order valence-electron chi connectivity index (χ4n) is 2.91. The molecule has 1 aromatic carbocycles. The van der Waals surface area contributed by atoms with E-state index in [1.54, 1.807) is 0 Å². The number of hydrogen-bond donors (Lipinski definition) is 2. The SMILES string of the molecule is CCOc1cc(C)c(C(CC)CC(O)CN)c(C)c1C. The van der Waals surface area contributed by atoms with E-state index in [-0.39, 0.29) is 0 Å². The molecule has 3 heteroatoms. The van der Waals surface area contributed by atoms with Crippen molar-refractivity contribution in [3.05, 3.63) is 28.3 Å². The third-order valence-corrected chi connectivity index (χ3v) is 4.14. The molecule has 0 bridgehead atoms. The second-order valence-corrected chi connectivity index (χ2v) is 5.52. The molecule has 0 aliphatic rings. The van der Waals surface area contributed by atoms with Crippen molar-refractivity contribution in [2.75, 3.05) is 13.2 Å². The smallest absolute Gasteiger partial charge is 0.122 e. The van der Waals surface area contributed by atoms with Crippen LogP contribution < -0.4 is 10.5 Å². The topological polar surface area (TPSA) is 55.5 Å². The van der Waals surface area contributed by atoms with E-state index < -0.39 is 6.10 Å². The Kier molecular flexibility index (Phi) is 6.50. The van der Waals surface area contributed by atoms with Crippen molar-refractivity contribution in [1.29, 1.82) is 0 Å². The fraction of sp³-hybridized carbons (Fsp3) is 0.647. The van der Waals surface area contributed by atoms with Crippen LogP contribution >= 0.6 is 0 Å². The summed E-state index contributed by atoms with van der Waals surface area (Å²) in [5.41, 5.74) is 10.6. The normalized spacial score (nSPS) is 14.2. The van der Waals surface area contributed by atoms with E-state index in [4.69, 9.17) is 10.5 Å². The van der Waals surface area contributed by atoms with Crippen LogP contribution in [0.1, 0.15) is 54.9 Å². The van der Waals surface area contributed by atoms with Crippen molar-refractivity contribution in [3.8, 4) is 5.75 Å². The molecule has 0 heterocycles. The minimum atomic E-state index is -0.425. The lowest BCUT2D eigenvalue weighted by Gasteiger charge is -2.25. The molecule has 0 aliphatic carbocycles. The van der Waals surface area contributed by atoms with Crippen molar-refractivity contribution in [2.45, 2.75) is 59.5 Å². The average Bonchev–Trinajstić information content (AvgIpc) is 2.43. The van der Waals surface area contributed by atoms with Gasteiger partial charge in [-0.2, -0.15) is 0 Å². The first-order valence-electron chi connectivity index (χ1n) is 7.57. The molecule has 0 fully saturated rings. The molecule has 20 heavy (non-hydrogen) atoms. The Morgan fingerprint density at radius 1 is 1.20 bits per heavy atom. The maximum absolute atomic E-state index is 9.86. The summed E-state index contributed by atoms with van der Waals surface area (Å²) in [5.74, 6) is 1.32. The molecule has 0 radical (unpaired) electrons. The number of hydrogen-bond acceptors (Lipinski definition) is 3. The van der Waals surface area contributed by atoms with Gasteiger partial charge in [0.25, 0.3) is 0 Å². The van der Waals surface area contributed by atoms with Gasteiger partial charge < -0.3 is 15.6 Å². The Morgan fingerprint density at radius 3 is 2.35 bits per heavy atom. The summed E-state index contributed by atoms with van der Waals surface area (Å²) < 4.78 is 5.70. The number of rotatable bonds is 7. The molecular weight excluding hydrogens is 250 g/mol. The first kappa shape index (κ1) is 17.0. The van der Waals surface area contributed by atoms with E-state index in [0.29, 0.717) is 19.1 Å². The van der Waals surface area contributed by atoms with Gasteiger partial charge in [0.2, 0.25) is 0 Å². The molecule has 0 spiro atoms. The number of ether oxygens (including phenoxy) is 1. The van der Waals surface area contributed by atoms with Crippen LogP contribution in [0.3, 0.4) is 0 Å². The second kappa shape index (κ2) is 7.65. The van der Waals surface area contributed by atoms with Gasteiger partial charge in [0.15, 0.2) is 0 Å². The van der Waals surface area contributed by atoms with E-state index in [9.17, 15) is 5.11 Å². The van der Waals surface area contributed by atoms with Crippen LogP contribution in [-0.2, 0) is 0 Å². The highest BCUT2D eigenvalue weighted by Gasteiger charge is 2.20. The van der Waals surface area contributed by atoms with Gasteiger partial charge in [0.1, 0.15) is 5.75 Å². The van der Waals surface area contributed by atoms with E-state index in [2.05, 4.69) is 33.8 Å².